The largest absolute Gasteiger partial charge is 0.313 e. The molecule has 5 heteroatoms. The summed E-state index contributed by atoms with van der Waals surface area (Å²) in [6.07, 6.45) is 2.48. The normalized spacial score (nSPS) is 12.6. The van der Waals surface area contributed by atoms with Gasteiger partial charge in [0.25, 0.3) is 0 Å². The van der Waals surface area contributed by atoms with Gasteiger partial charge in [0, 0.05) is 21.5 Å². The molecular weight excluding hydrogens is 356 g/mol. The Morgan fingerprint density at radius 3 is 2.48 bits per heavy atom. The number of hydrogen-bond acceptors (Lipinski definition) is 2. The van der Waals surface area contributed by atoms with Gasteiger partial charge in [-0.2, -0.15) is 0 Å². The van der Waals surface area contributed by atoms with Gasteiger partial charge in [-0.05, 0) is 70.9 Å². The SMILES string of the molecule is CCCNC(Cc1cc(F)cc(F)c1)Cc1sccc1Br. The van der Waals surface area contributed by atoms with Crippen LogP contribution in [-0.4, -0.2) is 12.6 Å². The molecule has 0 aliphatic rings. The van der Waals surface area contributed by atoms with E-state index in [-0.39, 0.29) is 6.04 Å². The summed E-state index contributed by atoms with van der Waals surface area (Å²) in [5.74, 6) is -1.03. The van der Waals surface area contributed by atoms with Gasteiger partial charge in [0.05, 0.1) is 0 Å². The lowest BCUT2D eigenvalue weighted by Crippen LogP contribution is -2.33. The van der Waals surface area contributed by atoms with Gasteiger partial charge in [0.1, 0.15) is 11.6 Å². The molecule has 0 saturated carbocycles. The summed E-state index contributed by atoms with van der Waals surface area (Å²) in [7, 11) is 0. The molecule has 2 aromatic rings. The Labute approximate surface area is 136 Å². The molecule has 0 amide bonds. The summed E-state index contributed by atoms with van der Waals surface area (Å²) in [6.45, 7) is 3.00. The maximum absolute atomic E-state index is 13.3. The van der Waals surface area contributed by atoms with Crippen LogP contribution >= 0.6 is 27.3 Å². The van der Waals surface area contributed by atoms with Crippen molar-refractivity contribution in [2.75, 3.05) is 6.54 Å². The van der Waals surface area contributed by atoms with Crippen LogP contribution in [0.1, 0.15) is 23.8 Å². The first-order chi connectivity index (χ1) is 10.1. The molecule has 1 heterocycles. The van der Waals surface area contributed by atoms with Gasteiger partial charge in [-0.25, -0.2) is 8.78 Å². The van der Waals surface area contributed by atoms with E-state index in [1.807, 2.05) is 11.4 Å². The molecule has 1 aromatic heterocycles. The minimum absolute atomic E-state index is 0.168. The Hall–Kier alpha value is -0.780. The molecule has 1 aromatic carbocycles. The van der Waals surface area contributed by atoms with Crippen molar-refractivity contribution in [3.8, 4) is 0 Å². The highest BCUT2D eigenvalue weighted by Crippen LogP contribution is 2.25. The monoisotopic (exact) mass is 373 g/mol. The molecule has 1 atom stereocenters. The molecule has 0 fully saturated rings. The molecular formula is C16H18BrF2NS. The lowest BCUT2D eigenvalue weighted by molar-refractivity contribution is 0.502. The van der Waals surface area contributed by atoms with Gasteiger partial charge in [0.15, 0.2) is 0 Å². The van der Waals surface area contributed by atoms with Crippen molar-refractivity contribution in [1.29, 1.82) is 0 Å². The van der Waals surface area contributed by atoms with Crippen LogP contribution in [0.15, 0.2) is 34.1 Å². The highest BCUT2D eigenvalue weighted by Gasteiger charge is 2.14. The van der Waals surface area contributed by atoms with E-state index < -0.39 is 11.6 Å². The van der Waals surface area contributed by atoms with E-state index in [1.54, 1.807) is 11.3 Å². The van der Waals surface area contributed by atoms with Gasteiger partial charge in [-0.15, -0.1) is 11.3 Å². The Kier molecular flexibility index (Phi) is 6.33. The van der Waals surface area contributed by atoms with E-state index in [9.17, 15) is 8.78 Å². The Morgan fingerprint density at radius 1 is 1.19 bits per heavy atom. The Bertz CT molecular complexity index is 565. The first kappa shape index (κ1) is 16.6. The molecule has 2 rings (SSSR count). The van der Waals surface area contributed by atoms with Crippen LogP contribution < -0.4 is 5.32 Å². The topological polar surface area (TPSA) is 12.0 Å². The minimum atomic E-state index is -0.517. The zero-order valence-electron chi connectivity index (χ0n) is 11.8. The molecule has 21 heavy (non-hydrogen) atoms. The van der Waals surface area contributed by atoms with Gasteiger partial charge in [-0.3, -0.25) is 0 Å². The van der Waals surface area contributed by atoms with Crippen molar-refractivity contribution in [3.63, 3.8) is 0 Å². The summed E-state index contributed by atoms with van der Waals surface area (Å²) in [4.78, 5) is 1.25. The average molecular weight is 374 g/mol. The van der Waals surface area contributed by atoms with E-state index in [2.05, 4.69) is 28.2 Å². The zero-order valence-corrected chi connectivity index (χ0v) is 14.2. The molecule has 1 unspecified atom stereocenters. The zero-order chi connectivity index (χ0) is 15.2. The molecule has 0 bridgehead atoms. The van der Waals surface area contributed by atoms with Crippen molar-refractivity contribution in [1.82, 2.24) is 5.32 Å². The van der Waals surface area contributed by atoms with E-state index in [0.717, 1.165) is 29.9 Å². The molecule has 0 saturated heterocycles. The Morgan fingerprint density at radius 2 is 1.90 bits per heavy atom. The number of hydrogen-bond donors (Lipinski definition) is 1. The van der Waals surface area contributed by atoms with Gasteiger partial charge in [0.2, 0.25) is 0 Å². The lowest BCUT2D eigenvalue weighted by Gasteiger charge is -2.18. The third kappa shape index (κ3) is 5.16. The molecule has 0 spiro atoms. The minimum Gasteiger partial charge on any atom is -0.313 e. The summed E-state index contributed by atoms with van der Waals surface area (Å²) in [5, 5.41) is 5.50. The van der Waals surface area contributed by atoms with Gasteiger partial charge in [-0.1, -0.05) is 6.92 Å². The molecule has 1 nitrogen and oxygen atoms in total. The second kappa shape index (κ2) is 8.01. The van der Waals surface area contributed by atoms with Crippen molar-refractivity contribution >= 4 is 27.3 Å². The van der Waals surface area contributed by atoms with Crippen LogP contribution in [-0.2, 0) is 12.8 Å². The standard InChI is InChI=1S/C16H18BrF2NS/c1-2-4-20-14(10-16-15(17)3-5-21-16)8-11-6-12(18)9-13(19)7-11/h3,5-7,9,14,20H,2,4,8,10H2,1H3. The molecule has 0 aliphatic heterocycles. The number of halogens is 3. The van der Waals surface area contributed by atoms with Crippen LogP contribution in [0, 0.1) is 11.6 Å². The third-order valence-corrected chi connectivity index (χ3v) is 5.16. The predicted molar refractivity (Wildman–Crippen MR) is 87.9 cm³/mol. The highest BCUT2D eigenvalue weighted by molar-refractivity contribution is 9.10. The maximum atomic E-state index is 13.3. The average Bonchev–Trinajstić information content (AvgIpc) is 2.80. The first-order valence-corrected chi connectivity index (χ1v) is 8.66. The fourth-order valence-corrected chi connectivity index (χ4v) is 3.87. The van der Waals surface area contributed by atoms with Crippen molar-refractivity contribution < 1.29 is 8.78 Å². The number of thiophene rings is 1. The fourth-order valence-electron chi connectivity index (χ4n) is 2.27. The first-order valence-electron chi connectivity index (χ1n) is 6.98. The number of benzene rings is 1. The van der Waals surface area contributed by atoms with Crippen LogP contribution in [0.5, 0.6) is 0 Å². The molecule has 114 valence electrons. The van der Waals surface area contributed by atoms with E-state index in [0.29, 0.717) is 12.0 Å². The molecule has 1 N–H and O–H groups in total. The predicted octanol–water partition coefficient (Wildman–Crippen LogP) is 4.94. The quantitative estimate of drug-likeness (QED) is 0.724. The Balaban J connectivity index is 2.10. The van der Waals surface area contributed by atoms with Crippen molar-refractivity contribution in [3.05, 3.63) is 56.2 Å². The number of rotatable bonds is 7. The summed E-state index contributed by atoms with van der Waals surface area (Å²) in [5.41, 5.74) is 0.689. The van der Waals surface area contributed by atoms with Crippen LogP contribution in [0.4, 0.5) is 8.78 Å². The van der Waals surface area contributed by atoms with E-state index in [1.165, 1.54) is 17.0 Å². The van der Waals surface area contributed by atoms with Crippen LogP contribution in [0.3, 0.4) is 0 Å². The molecule has 0 aliphatic carbocycles. The number of nitrogens with one attached hydrogen (secondary N) is 1. The van der Waals surface area contributed by atoms with E-state index >= 15 is 0 Å². The summed E-state index contributed by atoms with van der Waals surface area (Å²) in [6, 6.07) is 5.92. The van der Waals surface area contributed by atoms with Gasteiger partial charge >= 0.3 is 0 Å². The lowest BCUT2D eigenvalue weighted by atomic mass is 10.0. The van der Waals surface area contributed by atoms with E-state index in [4.69, 9.17) is 0 Å². The smallest absolute Gasteiger partial charge is 0.126 e. The van der Waals surface area contributed by atoms with Crippen LogP contribution in [0.2, 0.25) is 0 Å². The van der Waals surface area contributed by atoms with Gasteiger partial charge < -0.3 is 5.32 Å². The highest BCUT2D eigenvalue weighted by atomic mass is 79.9. The fraction of sp³-hybridized carbons (Fsp3) is 0.375. The second-order valence-electron chi connectivity index (χ2n) is 5.03. The molecule has 0 radical (unpaired) electrons. The van der Waals surface area contributed by atoms with Crippen molar-refractivity contribution in [2.24, 2.45) is 0 Å². The second-order valence-corrected chi connectivity index (χ2v) is 6.88. The van der Waals surface area contributed by atoms with Crippen molar-refractivity contribution in [2.45, 2.75) is 32.2 Å². The third-order valence-electron chi connectivity index (χ3n) is 3.21. The summed E-state index contributed by atoms with van der Waals surface area (Å²) >= 11 is 5.23. The maximum Gasteiger partial charge on any atom is 0.126 e. The summed E-state index contributed by atoms with van der Waals surface area (Å²) < 4.78 is 27.7. The van der Waals surface area contributed by atoms with Crippen LogP contribution in [0.25, 0.3) is 0 Å².